The maximum Gasteiger partial charge on any atom is 0.225 e. The lowest BCUT2D eigenvalue weighted by molar-refractivity contribution is -0.134. The van der Waals surface area contributed by atoms with Gasteiger partial charge >= 0.3 is 0 Å². The average Bonchev–Trinajstić information content (AvgIpc) is 3.01. The molecule has 3 heteroatoms. The SMILES string of the molecule is NCCC1CCCN(C(=O)C2CC2)C1. The summed E-state index contributed by atoms with van der Waals surface area (Å²) in [5.41, 5.74) is 5.55. The predicted molar refractivity (Wildman–Crippen MR) is 55.7 cm³/mol. The van der Waals surface area contributed by atoms with Crippen molar-refractivity contribution in [3.8, 4) is 0 Å². The number of carbonyl (C=O) groups excluding carboxylic acids is 1. The molecule has 0 aromatic rings. The number of nitrogens with zero attached hydrogens (tertiary/aromatic N) is 1. The van der Waals surface area contributed by atoms with Crippen molar-refractivity contribution >= 4 is 5.91 Å². The van der Waals surface area contributed by atoms with Crippen molar-refractivity contribution in [2.45, 2.75) is 32.1 Å². The first-order valence-electron chi connectivity index (χ1n) is 5.80. The third kappa shape index (κ3) is 2.27. The number of likely N-dealkylation sites (tertiary alicyclic amines) is 1. The number of nitrogens with two attached hydrogens (primary N) is 1. The Bertz CT molecular complexity index is 211. The molecule has 2 N–H and O–H groups in total. The maximum atomic E-state index is 11.8. The van der Waals surface area contributed by atoms with E-state index in [2.05, 4.69) is 4.90 Å². The van der Waals surface area contributed by atoms with Crippen LogP contribution >= 0.6 is 0 Å². The standard InChI is InChI=1S/C11H20N2O/c12-6-5-9-2-1-7-13(8-9)11(14)10-3-4-10/h9-10H,1-8,12H2. The third-order valence-corrected chi connectivity index (χ3v) is 3.33. The Balaban J connectivity index is 1.83. The van der Waals surface area contributed by atoms with Gasteiger partial charge in [-0.25, -0.2) is 0 Å². The van der Waals surface area contributed by atoms with Crippen molar-refractivity contribution in [3.63, 3.8) is 0 Å². The molecule has 0 bridgehead atoms. The summed E-state index contributed by atoms with van der Waals surface area (Å²) >= 11 is 0. The van der Waals surface area contributed by atoms with Crippen molar-refractivity contribution in [2.75, 3.05) is 19.6 Å². The lowest BCUT2D eigenvalue weighted by Crippen LogP contribution is -2.41. The molecule has 2 fully saturated rings. The van der Waals surface area contributed by atoms with Gasteiger partial charge in [0.05, 0.1) is 0 Å². The Kier molecular flexibility index (Phi) is 3.06. The Labute approximate surface area is 85.6 Å². The molecule has 1 aliphatic carbocycles. The van der Waals surface area contributed by atoms with Gasteiger partial charge in [0.1, 0.15) is 0 Å². The van der Waals surface area contributed by atoms with Crippen LogP contribution < -0.4 is 5.73 Å². The van der Waals surface area contributed by atoms with Gasteiger partial charge in [0, 0.05) is 19.0 Å². The van der Waals surface area contributed by atoms with Crippen LogP contribution in [0.25, 0.3) is 0 Å². The van der Waals surface area contributed by atoms with Gasteiger partial charge in [-0.2, -0.15) is 0 Å². The van der Waals surface area contributed by atoms with E-state index in [-0.39, 0.29) is 0 Å². The molecule has 0 spiro atoms. The second kappa shape index (κ2) is 4.30. The smallest absolute Gasteiger partial charge is 0.225 e. The van der Waals surface area contributed by atoms with E-state index in [1.807, 2.05) is 0 Å². The number of hydrogen-bond donors (Lipinski definition) is 1. The monoisotopic (exact) mass is 196 g/mol. The summed E-state index contributed by atoms with van der Waals surface area (Å²) < 4.78 is 0. The van der Waals surface area contributed by atoms with Crippen LogP contribution in [0.1, 0.15) is 32.1 Å². The molecule has 1 saturated heterocycles. The zero-order valence-corrected chi connectivity index (χ0v) is 8.74. The Morgan fingerprint density at radius 2 is 2.14 bits per heavy atom. The molecule has 1 atom stereocenters. The lowest BCUT2D eigenvalue weighted by atomic mass is 9.94. The zero-order chi connectivity index (χ0) is 9.97. The molecule has 14 heavy (non-hydrogen) atoms. The molecule has 1 aliphatic heterocycles. The second-order valence-electron chi connectivity index (χ2n) is 4.64. The van der Waals surface area contributed by atoms with E-state index in [0.717, 1.165) is 38.9 Å². The van der Waals surface area contributed by atoms with E-state index in [0.29, 0.717) is 17.7 Å². The molecule has 1 amide bonds. The molecule has 2 rings (SSSR count). The summed E-state index contributed by atoms with van der Waals surface area (Å²) in [6.07, 6.45) is 5.75. The molecular formula is C11H20N2O. The first-order valence-corrected chi connectivity index (χ1v) is 5.80. The number of amides is 1. The van der Waals surface area contributed by atoms with Crippen molar-refractivity contribution in [1.29, 1.82) is 0 Å². The summed E-state index contributed by atoms with van der Waals surface area (Å²) in [5, 5.41) is 0. The quantitative estimate of drug-likeness (QED) is 0.731. The fourth-order valence-electron chi connectivity index (χ4n) is 2.33. The normalized spacial score (nSPS) is 27.8. The van der Waals surface area contributed by atoms with Crippen molar-refractivity contribution < 1.29 is 4.79 Å². The topological polar surface area (TPSA) is 46.3 Å². The molecule has 1 unspecified atom stereocenters. The highest BCUT2D eigenvalue weighted by Gasteiger charge is 2.35. The Morgan fingerprint density at radius 3 is 2.79 bits per heavy atom. The summed E-state index contributed by atoms with van der Waals surface area (Å²) in [6, 6.07) is 0. The largest absolute Gasteiger partial charge is 0.342 e. The van der Waals surface area contributed by atoms with Gasteiger partial charge in [0.2, 0.25) is 5.91 Å². The molecule has 0 radical (unpaired) electrons. The van der Waals surface area contributed by atoms with Crippen molar-refractivity contribution in [2.24, 2.45) is 17.6 Å². The zero-order valence-electron chi connectivity index (χ0n) is 8.74. The van der Waals surface area contributed by atoms with Crippen LogP contribution in [-0.2, 0) is 4.79 Å². The second-order valence-corrected chi connectivity index (χ2v) is 4.64. The number of carbonyl (C=O) groups is 1. The van der Waals surface area contributed by atoms with Crippen LogP contribution in [0.5, 0.6) is 0 Å². The van der Waals surface area contributed by atoms with E-state index >= 15 is 0 Å². The molecule has 80 valence electrons. The van der Waals surface area contributed by atoms with E-state index in [9.17, 15) is 4.79 Å². The summed E-state index contributed by atoms with van der Waals surface area (Å²) in [5.74, 6) is 1.45. The summed E-state index contributed by atoms with van der Waals surface area (Å²) in [7, 11) is 0. The molecule has 1 saturated carbocycles. The van der Waals surface area contributed by atoms with Gasteiger partial charge in [-0.15, -0.1) is 0 Å². The van der Waals surface area contributed by atoms with Gasteiger partial charge in [0.25, 0.3) is 0 Å². The Hall–Kier alpha value is -0.570. The highest BCUT2D eigenvalue weighted by Crippen LogP contribution is 2.32. The van der Waals surface area contributed by atoms with Gasteiger partial charge in [-0.3, -0.25) is 4.79 Å². The molecule has 1 heterocycles. The highest BCUT2D eigenvalue weighted by molar-refractivity contribution is 5.81. The van der Waals surface area contributed by atoms with Crippen molar-refractivity contribution in [1.82, 2.24) is 4.90 Å². The van der Waals surface area contributed by atoms with E-state index in [1.54, 1.807) is 0 Å². The van der Waals surface area contributed by atoms with E-state index in [1.165, 1.54) is 12.8 Å². The van der Waals surface area contributed by atoms with Gasteiger partial charge in [-0.1, -0.05) is 0 Å². The minimum absolute atomic E-state index is 0.381. The van der Waals surface area contributed by atoms with Crippen LogP contribution in [0, 0.1) is 11.8 Å². The van der Waals surface area contributed by atoms with Gasteiger partial charge in [0.15, 0.2) is 0 Å². The average molecular weight is 196 g/mol. The van der Waals surface area contributed by atoms with Gasteiger partial charge in [-0.05, 0) is 44.6 Å². The number of rotatable bonds is 3. The minimum atomic E-state index is 0.381. The first-order chi connectivity index (χ1) is 6.81. The number of hydrogen-bond acceptors (Lipinski definition) is 2. The first kappa shape index (κ1) is 9.97. The minimum Gasteiger partial charge on any atom is -0.342 e. The lowest BCUT2D eigenvalue weighted by Gasteiger charge is -2.32. The highest BCUT2D eigenvalue weighted by atomic mass is 16.2. The van der Waals surface area contributed by atoms with Crippen LogP contribution in [0.4, 0.5) is 0 Å². The van der Waals surface area contributed by atoms with E-state index < -0.39 is 0 Å². The molecular weight excluding hydrogens is 176 g/mol. The maximum absolute atomic E-state index is 11.8. The van der Waals surface area contributed by atoms with Crippen LogP contribution in [0.3, 0.4) is 0 Å². The fourth-order valence-corrected chi connectivity index (χ4v) is 2.33. The van der Waals surface area contributed by atoms with Crippen LogP contribution in [0.15, 0.2) is 0 Å². The van der Waals surface area contributed by atoms with Crippen LogP contribution in [0.2, 0.25) is 0 Å². The molecule has 2 aliphatic rings. The van der Waals surface area contributed by atoms with E-state index in [4.69, 9.17) is 5.73 Å². The number of piperidine rings is 1. The molecule has 0 aromatic carbocycles. The molecule has 3 nitrogen and oxygen atoms in total. The third-order valence-electron chi connectivity index (χ3n) is 3.33. The Morgan fingerprint density at radius 1 is 1.36 bits per heavy atom. The summed E-state index contributed by atoms with van der Waals surface area (Å²) in [4.78, 5) is 13.9. The summed E-state index contributed by atoms with van der Waals surface area (Å²) in [6.45, 7) is 2.71. The van der Waals surface area contributed by atoms with Gasteiger partial charge < -0.3 is 10.6 Å². The molecule has 0 aromatic heterocycles. The fraction of sp³-hybridized carbons (Fsp3) is 0.909. The van der Waals surface area contributed by atoms with Crippen molar-refractivity contribution in [3.05, 3.63) is 0 Å². The van der Waals surface area contributed by atoms with Crippen LogP contribution in [-0.4, -0.2) is 30.4 Å². The predicted octanol–water partition coefficient (Wildman–Crippen LogP) is 0.984.